The molecular weight excluding hydrogens is 294 g/mol. The Morgan fingerprint density at radius 3 is 3.06 bits per heavy atom. The van der Waals surface area contributed by atoms with Gasteiger partial charge in [0, 0.05) is 13.2 Å². The number of ether oxygens (including phenoxy) is 1. The van der Waals surface area contributed by atoms with Crippen molar-refractivity contribution in [3.8, 4) is 0 Å². The summed E-state index contributed by atoms with van der Waals surface area (Å²) in [5, 5.41) is 7.78. The van der Waals surface area contributed by atoms with Crippen LogP contribution in [0.3, 0.4) is 0 Å². The zero-order valence-corrected chi connectivity index (χ0v) is 12.7. The maximum absolute atomic E-state index is 5.84. The molecule has 1 N–H and O–H groups in total. The number of aromatic nitrogens is 2. The van der Waals surface area contributed by atoms with E-state index in [2.05, 4.69) is 33.3 Å². The molecule has 0 aliphatic carbocycles. The molecule has 1 aromatic rings. The van der Waals surface area contributed by atoms with E-state index in [1.54, 1.807) is 0 Å². The first-order valence-electron chi connectivity index (χ1n) is 6.76. The summed E-state index contributed by atoms with van der Waals surface area (Å²) >= 11 is 3.60. The second-order valence-corrected chi connectivity index (χ2v) is 5.61. The van der Waals surface area contributed by atoms with Crippen molar-refractivity contribution in [1.82, 2.24) is 15.1 Å². The molecule has 4 nitrogen and oxygen atoms in total. The van der Waals surface area contributed by atoms with E-state index in [1.807, 2.05) is 17.9 Å². The summed E-state index contributed by atoms with van der Waals surface area (Å²) in [6.45, 7) is 3.92. The molecule has 0 radical (unpaired) electrons. The van der Waals surface area contributed by atoms with Crippen molar-refractivity contribution in [2.75, 3.05) is 13.7 Å². The summed E-state index contributed by atoms with van der Waals surface area (Å²) in [5.74, 6) is 0. The van der Waals surface area contributed by atoms with Crippen LogP contribution in [0.4, 0.5) is 0 Å². The molecule has 0 spiro atoms. The maximum atomic E-state index is 5.84. The molecule has 0 saturated carbocycles. The van der Waals surface area contributed by atoms with Gasteiger partial charge in [-0.1, -0.05) is 0 Å². The number of hydrogen-bond acceptors (Lipinski definition) is 3. The number of aryl methyl sites for hydroxylation is 1. The highest BCUT2D eigenvalue weighted by atomic mass is 79.9. The van der Waals surface area contributed by atoms with Crippen LogP contribution in [0.2, 0.25) is 0 Å². The standard InChI is InChI=1S/C13H22BrN3O/c1-3-17-13(11(14)9-16-17)12(15-2)8-10-6-4-5-7-18-10/h9-10,12,15H,3-8H2,1-2H3. The summed E-state index contributed by atoms with van der Waals surface area (Å²) in [4.78, 5) is 0. The molecule has 0 aromatic carbocycles. The average Bonchev–Trinajstić information content (AvgIpc) is 2.78. The number of nitrogens with one attached hydrogen (secondary N) is 1. The van der Waals surface area contributed by atoms with Crippen LogP contribution in [0.5, 0.6) is 0 Å². The van der Waals surface area contributed by atoms with Crippen molar-refractivity contribution in [3.63, 3.8) is 0 Å². The average molecular weight is 316 g/mol. The zero-order chi connectivity index (χ0) is 13.0. The van der Waals surface area contributed by atoms with Crippen molar-refractivity contribution in [2.45, 2.75) is 51.3 Å². The Labute approximate surface area is 117 Å². The molecule has 102 valence electrons. The fourth-order valence-corrected chi connectivity index (χ4v) is 3.17. The quantitative estimate of drug-likeness (QED) is 0.908. The number of rotatable bonds is 5. The lowest BCUT2D eigenvalue weighted by Gasteiger charge is -2.27. The van der Waals surface area contributed by atoms with E-state index in [9.17, 15) is 0 Å². The molecule has 1 saturated heterocycles. The van der Waals surface area contributed by atoms with Gasteiger partial charge < -0.3 is 10.1 Å². The van der Waals surface area contributed by atoms with Crippen molar-refractivity contribution < 1.29 is 4.74 Å². The SMILES string of the molecule is CCn1ncc(Br)c1C(CC1CCCCO1)NC. The van der Waals surface area contributed by atoms with Crippen LogP contribution in [0.15, 0.2) is 10.7 Å². The second-order valence-electron chi connectivity index (χ2n) is 4.76. The first kappa shape index (κ1) is 14.0. The molecule has 0 bridgehead atoms. The maximum Gasteiger partial charge on any atom is 0.0696 e. The molecule has 18 heavy (non-hydrogen) atoms. The lowest BCUT2D eigenvalue weighted by atomic mass is 10.00. The third kappa shape index (κ3) is 3.13. The molecule has 2 heterocycles. The van der Waals surface area contributed by atoms with Crippen molar-refractivity contribution in [3.05, 3.63) is 16.4 Å². The third-order valence-electron chi connectivity index (χ3n) is 3.58. The van der Waals surface area contributed by atoms with E-state index in [4.69, 9.17) is 4.74 Å². The smallest absolute Gasteiger partial charge is 0.0696 e. The van der Waals surface area contributed by atoms with Gasteiger partial charge in [-0.15, -0.1) is 0 Å². The Balaban J connectivity index is 2.09. The van der Waals surface area contributed by atoms with Gasteiger partial charge in [-0.3, -0.25) is 4.68 Å². The van der Waals surface area contributed by atoms with Crippen molar-refractivity contribution in [2.24, 2.45) is 0 Å². The van der Waals surface area contributed by atoms with Crippen molar-refractivity contribution >= 4 is 15.9 Å². The van der Waals surface area contributed by atoms with Crippen LogP contribution in [-0.2, 0) is 11.3 Å². The zero-order valence-electron chi connectivity index (χ0n) is 11.2. The highest BCUT2D eigenvalue weighted by Gasteiger charge is 2.23. The Kier molecular flexibility index (Phi) is 5.21. The first-order valence-corrected chi connectivity index (χ1v) is 7.55. The summed E-state index contributed by atoms with van der Waals surface area (Å²) < 4.78 is 8.97. The monoisotopic (exact) mass is 315 g/mol. The van der Waals surface area contributed by atoms with E-state index >= 15 is 0 Å². The summed E-state index contributed by atoms with van der Waals surface area (Å²) in [5.41, 5.74) is 1.23. The molecule has 5 heteroatoms. The van der Waals surface area contributed by atoms with Gasteiger partial charge in [0.25, 0.3) is 0 Å². The van der Waals surface area contributed by atoms with Crippen LogP contribution in [0.25, 0.3) is 0 Å². The lowest BCUT2D eigenvalue weighted by Crippen LogP contribution is -2.28. The minimum Gasteiger partial charge on any atom is -0.378 e. The Morgan fingerprint density at radius 2 is 2.44 bits per heavy atom. The normalized spacial score (nSPS) is 22.1. The molecule has 1 aliphatic heterocycles. The van der Waals surface area contributed by atoms with E-state index in [0.29, 0.717) is 12.1 Å². The van der Waals surface area contributed by atoms with Crippen LogP contribution in [0, 0.1) is 0 Å². The van der Waals surface area contributed by atoms with Crippen molar-refractivity contribution in [1.29, 1.82) is 0 Å². The van der Waals surface area contributed by atoms with Gasteiger partial charge in [0.15, 0.2) is 0 Å². The lowest BCUT2D eigenvalue weighted by molar-refractivity contribution is 0.00494. The number of nitrogens with zero attached hydrogens (tertiary/aromatic N) is 2. The fourth-order valence-electron chi connectivity index (χ4n) is 2.59. The van der Waals surface area contributed by atoms with Gasteiger partial charge in [-0.2, -0.15) is 5.10 Å². The van der Waals surface area contributed by atoms with E-state index in [0.717, 1.165) is 24.0 Å². The molecule has 2 unspecified atom stereocenters. The van der Waals surface area contributed by atoms with Gasteiger partial charge in [-0.05, 0) is 55.6 Å². The minimum absolute atomic E-state index is 0.296. The van der Waals surface area contributed by atoms with Crippen LogP contribution >= 0.6 is 15.9 Å². The van der Waals surface area contributed by atoms with Crippen LogP contribution < -0.4 is 5.32 Å². The minimum atomic E-state index is 0.296. The number of halogens is 1. The molecular formula is C13H22BrN3O. The Hall–Kier alpha value is -0.390. The van der Waals surface area contributed by atoms with Gasteiger partial charge in [0.2, 0.25) is 0 Å². The van der Waals surface area contributed by atoms with E-state index in [-0.39, 0.29) is 0 Å². The highest BCUT2D eigenvalue weighted by Crippen LogP contribution is 2.29. The Bertz CT molecular complexity index is 374. The van der Waals surface area contributed by atoms with Gasteiger partial charge in [0.05, 0.1) is 28.5 Å². The topological polar surface area (TPSA) is 39.1 Å². The first-order chi connectivity index (χ1) is 8.76. The molecule has 1 aromatic heterocycles. The summed E-state index contributed by atoms with van der Waals surface area (Å²) in [6, 6.07) is 0.296. The third-order valence-corrected chi connectivity index (χ3v) is 4.19. The van der Waals surface area contributed by atoms with Gasteiger partial charge >= 0.3 is 0 Å². The van der Waals surface area contributed by atoms with Crippen LogP contribution in [-0.4, -0.2) is 29.5 Å². The molecule has 2 atom stereocenters. The van der Waals surface area contributed by atoms with Gasteiger partial charge in [0.1, 0.15) is 0 Å². The summed E-state index contributed by atoms with van der Waals surface area (Å²) in [7, 11) is 2.01. The second kappa shape index (κ2) is 6.68. The summed E-state index contributed by atoms with van der Waals surface area (Å²) in [6.07, 6.45) is 6.94. The predicted octanol–water partition coefficient (Wildman–Crippen LogP) is 2.89. The molecule has 1 aliphatic rings. The molecule has 1 fully saturated rings. The number of hydrogen-bond donors (Lipinski definition) is 1. The van der Waals surface area contributed by atoms with E-state index < -0.39 is 0 Å². The molecule has 2 rings (SSSR count). The van der Waals surface area contributed by atoms with Gasteiger partial charge in [-0.25, -0.2) is 0 Å². The van der Waals surface area contributed by atoms with E-state index in [1.165, 1.54) is 25.0 Å². The predicted molar refractivity (Wildman–Crippen MR) is 75.6 cm³/mol. The van der Waals surface area contributed by atoms with Crippen LogP contribution in [0.1, 0.15) is 44.3 Å². The highest BCUT2D eigenvalue weighted by molar-refractivity contribution is 9.10. The largest absolute Gasteiger partial charge is 0.378 e. The fraction of sp³-hybridized carbons (Fsp3) is 0.769. The Morgan fingerprint density at radius 1 is 1.61 bits per heavy atom. The molecule has 0 amide bonds.